The lowest BCUT2D eigenvalue weighted by Crippen LogP contribution is -2.19. The summed E-state index contributed by atoms with van der Waals surface area (Å²) in [5.41, 5.74) is 5.36. The minimum atomic E-state index is -0.358. The van der Waals surface area contributed by atoms with Crippen LogP contribution in [0.3, 0.4) is 0 Å². The first-order chi connectivity index (χ1) is 14.0. The Morgan fingerprint density at radius 1 is 1.24 bits per heavy atom. The quantitative estimate of drug-likeness (QED) is 0.411. The molecule has 1 aromatic heterocycles. The maximum Gasteiger partial charge on any atom is 0.271 e. The number of phenols is 1. The van der Waals surface area contributed by atoms with E-state index in [-0.39, 0.29) is 11.7 Å². The van der Waals surface area contributed by atoms with E-state index in [2.05, 4.69) is 10.5 Å². The van der Waals surface area contributed by atoms with Crippen LogP contribution in [0.1, 0.15) is 35.3 Å². The minimum absolute atomic E-state index is 0.0995. The van der Waals surface area contributed by atoms with Gasteiger partial charge < -0.3 is 14.4 Å². The molecule has 1 amide bonds. The van der Waals surface area contributed by atoms with Crippen molar-refractivity contribution < 1.29 is 14.6 Å². The van der Waals surface area contributed by atoms with Gasteiger partial charge in [0, 0.05) is 22.7 Å². The fraction of sp³-hybridized carbons (Fsp3) is 0.190. The third-order valence-electron chi connectivity index (χ3n) is 4.25. The van der Waals surface area contributed by atoms with Crippen LogP contribution >= 0.6 is 11.3 Å². The summed E-state index contributed by atoms with van der Waals surface area (Å²) in [6.45, 7) is 4.80. The lowest BCUT2D eigenvalue weighted by molar-refractivity contribution is 0.0955. The summed E-state index contributed by atoms with van der Waals surface area (Å²) in [4.78, 5) is 12.7. The number of ether oxygens (including phenoxy) is 1. The fourth-order valence-corrected chi connectivity index (χ4v) is 3.31. The molecule has 0 fully saturated rings. The zero-order valence-electron chi connectivity index (χ0n) is 16.2. The Kier molecular flexibility index (Phi) is 6.46. The van der Waals surface area contributed by atoms with E-state index in [9.17, 15) is 9.90 Å². The zero-order valence-corrected chi connectivity index (χ0v) is 17.0. The highest BCUT2D eigenvalue weighted by Gasteiger charge is 2.10. The molecular formula is C21H22N4O3S. The molecule has 2 aromatic carbocycles. The number of benzene rings is 2. The smallest absolute Gasteiger partial charge is 0.271 e. The molecule has 0 atom stereocenters. The number of phenolic OH excluding ortho intramolecular Hbond substituents is 1. The normalized spacial score (nSPS) is 11.3. The molecule has 3 N–H and O–H groups in total. The van der Waals surface area contributed by atoms with E-state index in [0.29, 0.717) is 29.2 Å². The Hall–Kier alpha value is -3.39. The molecule has 0 radical (unpaired) electrons. The number of aromatic hydroxyl groups is 1. The topological polar surface area (TPSA) is 99.7 Å². The van der Waals surface area contributed by atoms with Gasteiger partial charge in [-0.1, -0.05) is 0 Å². The predicted molar refractivity (Wildman–Crippen MR) is 113 cm³/mol. The summed E-state index contributed by atoms with van der Waals surface area (Å²) in [7, 11) is 0. The molecule has 0 spiro atoms. The van der Waals surface area contributed by atoms with Gasteiger partial charge in [-0.15, -0.1) is 11.3 Å². The molecule has 1 heterocycles. The SMILES string of the molecule is CCOc1ccc(/C(C)=N\NC(=O)c2ccc(O)cc2)cc1Cn1ccsc1=N. The highest BCUT2D eigenvalue weighted by Crippen LogP contribution is 2.22. The number of hydrogen-bond acceptors (Lipinski definition) is 6. The third kappa shape index (κ3) is 5.11. The summed E-state index contributed by atoms with van der Waals surface area (Å²) in [6.07, 6.45) is 1.87. The van der Waals surface area contributed by atoms with Gasteiger partial charge in [-0.2, -0.15) is 5.10 Å². The second-order valence-corrected chi connectivity index (χ2v) is 7.17. The number of carbonyl (C=O) groups excluding carboxylic acids is 1. The second kappa shape index (κ2) is 9.20. The summed E-state index contributed by atoms with van der Waals surface area (Å²) >= 11 is 1.37. The van der Waals surface area contributed by atoms with E-state index >= 15 is 0 Å². The van der Waals surface area contributed by atoms with Gasteiger partial charge in [-0.05, 0) is 61.9 Å². The fourth-order valence-electron chi connectivity index (χ4n) is 2.71. The van der Waals surface area contributed by atoms with Gasteiger partial charge in [0.1, 0.15) is 11.5 Å². The maximum atomic E-state index is 12.2. The molecule has 7 nitrogen and oxygen atoms in total. The Labute approximate surface area is 172 Å². The molecule has 0 saturated heterocycles. The highest BCUT2D eigenvalue weighted by atomic mass is 32.1. The van der Waals surface area contributed by atoms with Crippen LogP contribution in [0.25, 0.3) is 0 Å². The number of hydrogen-bond donors (Lipinski definition) is 3. The minimum Gasteiger partial charge on any atom is -0.508 e. The second-order valence-electron chi connectivity index (χ2n) is 6.28. The van der Waals surface area contributed by atoms with Gasteiger partial charge >= 0.3 is 0 Å². The number of amides is 1. The van der Waals surface area contributed by atoms with Crippen molar-refractivity contribution in [1.29, 1.82) is 5.41 Å². The van der Waals surface area contributed by atoms with Crippen molar-refractivity contribution >= 4 is 23.0 Å². The van der Waals surface area contributed by atoms with Crippen LogP contribution in [-0.4, -0.2) is 27.9 Å². The van der Waals surface area contributed by atoms with Crippen molar-refractivity contribution in [3.8, 4) is 11.5 Å². The predicted octanol–water partition coefficient (Wildman–Crippen LogP) is 3.34. The highest BCUT2D eigenvalue weighted by molar-refractivity contribution is 7.06. The summed E-state index contributed by atoms with van der Waals surface area (Å²) < 4.78 is 7.56. The summed E-state index contributed by atoms with van der Waals surface area (Å²) in [5.74, 6) is 0.501. The lowest BCUT2D eigenvalue weighted by Gasteiger charge is -2.13. The molecule has 0 saturated carbocycles. The number of nitrogens with zero attached hydrogens (tertiary/aromatic N) is 2. The molecule has 150 valence electrons. The van der Waals surface area contributed by atoms with Crippen LogP contribution in [0, 0.1) is 5.41 Å². The number of rotatable bonds is 7. The monoisotopic (exact) mass is 410 g/mol. The molecule has 0 aliphatic rings. The first kappa shape index (κ1) is 20.3. The van der Waals surface area contributed by atoms with E-state index in [1.165, 1.54) is 35.6 Å². The Morgan fingerprint density at radius 3 is 2.62 bits per heavy atom. The number of carbonyl (C=O) groups is 1. The Balaban J connectivity index is 1.81. The van der Waals surface area contributed by atoms with Gasteiger partial charge in [0.25, 0.3) is 5.91 Å². The largest absolute Gasteiger partial charge is 0.508 e. The van der Waals surface area contributed by atoms with Crippen molar-refractivity contribution in [3.05, 3.63) is 75.5 Å². The summed E-state index contributed by atoms with van der Waals surface area (Å²) in [6, 6.07) is 11.7. The van der Waals surface area contributed by atoms with E-state index in [0.717, 1.165) is 16.9 Å². The molecule has 0 aliphatic carbocycles. The average molecular weight is 410 g/mol. The first-order valence-corrected chi connectivity index (χ1v) is 9.94. The van der Waals surface area contributed by atoms with Crippen LogP contribution in [0.2, 0.25) is 0 Å². The van der Waals surface area contributed by atoms with Crippen molar-refractivity contribution in [3.63, 3.8) is 0 Å². The van der Waals surface area contributed by atoms with Crippen molar-refractivity contribution in [2.75, 3.05) is 6.61 Å². The zero-order chi connectivity index (χ0) is 20.8. The average Bonchev–Trinajstić information content (AvgIpc) is 3.12. The van der Waals surface area contributed by atoms with Crippen molar-refractivity contribution in [2.45, 2.75) is 20.4 Å². The van der Waals surface area contributed by atoms with Crippen LogP contribution in [0.5, 0.6) is 11.5 Å². The number of hydrazone groups is 1. The molecule has 8 heteroatoms. The number of nitrogens with one attached hydrogen (secondary N) is 2. The molecular weight excluding hydrogens is 388 g/mol. The van der Waals surface area contributed by atoms with E-state index in [1.54, 1.807) is 0 Å². The van der Waals surface area contributed by atoms with Crippen LogP contribution < -0.4 is 15.0 Å². The van der Waals surface area contributed by atoms with Crippen LogP contribution in [-0.2, 0) is 6.54 Å². The van der Waals surface area contributed by atoms with Gasteiger partial charge in [0.2, 0.25) is 0 Å². The molecule has 29 heavy (non-hydrogen) atoms. The van der Waals surface area contributed by atoms with Gasteiger partial charge in [-0.25, -0.2) is 5.43 Å². The van der Waals surface area contributed by atoms with Crippen LogP contribution in [0.15, 0.2) is 59.1 Å². The lowest BCUT2D eigenvalue weighted by atomic mass is 10.1. The van der Waals surface area contributed by atoms with Gasteiger partial charge in [0.05, 0.1) is 18.9 Å². The third-order valence-corrected chi connectivity index (χ3v) is 4.97. The first-order valence-electron chi connectivity index (χ1n) is 9.06. The molecule has 3 aromatic rings. The summed E-state index contributed by atoms with van der Waals surface area (Å²) in [5, 5.41) is 23.4. The number of thiazole rings is 1. The van der Waals surface area contributed by atoms with Gasteiger partial charge in [-0.3, -0.25) is 10.2 Å². The molecule has 3 rings (SSSR count). The van der Waals surface area contributed by atoms with Crippen LogP contribution in [0.4, 0.5) is 0 Å². The van der Waals surface area contributed by atoms with E-state index in [1.807, 2.05) is 48.2 Å². The van der Waals surface area contributed by atoms with E-state index in [4.69, 9.17) is 10.1 Å². The Morgan fingerprint density at radius 2 is 1.97 bits per heavy atom. The number of aromatic nitrogens is 1. The maximum absolute atomic E-state index is 12.2. The van der Waals surface area contributed by atoms with Crippen molar-refractivity contribution in [2.24, 2.45) is 5.10 Å². The standard InChI is InChI=1S/C21H22N4O3S/c1-3-28-19-9-6-16(12-17(19)13-25-10-11-29-21(25)22)14(2)23-24-20(27)15-4-7-18(26)8-5-15/h4-12,22,26H,3,13H2,1-2H3,(H,24,27)/b22-21?,23-14-. The van der Waals surface area contributed by atoms with Gasteiger partial charge in [0.15, 0.2) is 4.80 Å². The molecule has 0 aliphatic heterocycles. The van der Waals surface area contributed by atoms with E-state index < -0.39 is 0 Å². The van der Waals surface area contributed by atoms with Crippen molar-refractivity contribution in [1.82, 2.24) is 9.99 Å². The Bertz CT molecular complexity index is 1080. The molecule has 0 bridgehead atoms. The molecule has 0 unspecified atom stereocenters.